The number of esters is 1. The van der Waals surface area contributed by atoms with Crippen molar-refractivity contribution in [1.82, 2.24) is 0 Å². The van der Waals surface area contributed by atoms with Crippen LogP contribution in [-0.4, -0.2) is 48.2 Å². The van der Waals surface area contributed by atoms with Gasteiger partial charge in [0.15, 0.2) is 0 Å². The summed E-state index contributed by atoms with van der Waals surface area (Å²) >= 11 is 0. The van der Waals surface area contributed by atoms with Crippen molar-refractivity contribution < 1.29 is 19.0 Å². The topological polar surface area (TPSA) is 48.1 Å². The molecular weight excluding hydrogens is 248 g/mol. The number of fused-ring (bicyclic) bond motifs is 1. The van der Waals surface area contributed by atoms with Crippen LogP contribution in [0.15, 0.2) is 0 Å². The second kappa shape index (κ2) is 7.26. The zero-order valence-electron chi connectivity index (χ0n) is 11.2. The Labute approximate surface area is 112 Å². The van der Waals surface area contributed by atoms with Crippen molar-refractivity contribution in [3.05, 3.63) is 0 Å². The summed E-state index contributed by atoms with van der Waals surface area (Å²) in [5.74, 6) is 0.576. The van der Waals surface area contributed by atoms with Gasteiger partial charge in [-0.3, -0.25) is 0 Å². The van der Waals surface area contributed by atoms with E-state index in [4.69, 9.17) is 14.2 Å². The summed E-state index contributed by atoms with van der Waals surface area (Å²) in [5.41, 5.74) is 0. The molecule has 2 fully saturated rings. The van der Waals surface area contributed by atoms with Crippen LogP contribution < -0.4 is 0 Å². The first-order valence-corrected chi connectivity index (χ1v) is 8.60. The van der Waals surface area contributed by atoms with Crippen LogP contribution in [-0.2, 0) is 19.0 Å². The molecule has 4 nitrogen and oxygen atoms in total. The van der Waals surface area contributed by atoms with Crippen molar-refractivity contribution >= 4 is 16.2 Å². The Bertz CT molecular complexity index is 272. The summed E-state index contributed by atoms with van der Waals surface area (Å²) in [6, 6.07) is 0.998. The Morgan fingerprint density at radius 2 is 2.17 bits per heavy atom. The molecule has 0 spiro atoms. The fourth-order valence-corrected chi connectivity index (χ4v) is 2.84. The predicted octanol–water partition coefficient (Wildman–Crippen LogP) is 0.678. The highest BCUT2D eigenvalue weighted by Gasteiger charge is 2.43. The lowest BCUT2D eigenvalue weighted by Crippen LogP contribution is -2.16. The molecule has 1 saturated heterocycles. The van der Waals surface area contributed by atoms with Crippen LogP contribution in [0, 0.1) is 5.92 Å². The van der Waals surface area contributed by atoms with Gasteiger partial charge in [-0.25, -0.2) is 4.79 Å². The molecule has 0 amide bonds. The minimum Gasteiger partial charge on any atom is -0.464 e. The molecule has 1 aliphatic carbocycles. The van der Waals surface area contributed by atoms with E-state index >= 15 is 0 Å². The molecule has 18 heavy (non-hydrogen) atoms. The fourth-order valence-electron chi connectivity index (χ4n) is 2.64. The Balaban J connectivity index is 1.42. The van der Waals surface area contributed by atoms with Crippen LogP contribution in [0.5, 0.6) is 0 Å². The molecule has 3 unspecified atom stereocenters. The molecular formula is C13H24O4Si. The lowest BCUT2D eigenvalue weighted by atomic mass is 9.86. The van der Waals surface area contributed by atoms with E-state index < -0.39 is 0 Å². The number of ether oxygens (including phenoxy) is 3. The second-order valence-corrected chi connectivity index (χ2v) is 6.31. The molecule has 0 aromatic carbocycles. The van der Waals surface area contributed by atoms with Crippen molar-refractivity contribution in [1.29, 1.82) is 0 Å². The highest BCUT2D eigenvalue weighted by atomic mass is 28.1. The number of rotatable bonds is 8. The molecule has 1 aliphatic heterocycles. The maximum absolute atomic E-state index is 11.2. The number of hydrogen-bond donors (Lipinski definition) is 0. The summed E-state index contributed by atoms with van der Waals surface area (Å²) in [5, 5.41) is 0. The summed E-state index contributed by atoms with van der Waals surface area (Å²) in [6.07, 6.45) is 7.16. The van der Waals surface area contributed by atoms with Gasteiger partial charge in [-0.15, -0.1) is 0 Å². The quantitative estimate of drug-likeness (QED) is 0.282. The summed E-state index contributed by atoms with van der Waals surface area (Å²) in [6.45, 7) is 1.33. The van der Waals surface area contributed by atoms with Crippen molar-refractivity contribution in [2.75, 3.05) is 19.8 Å². The van der Waals surface area contributed by atoms with Gasteiger partial charge in [0.25, 0.3) is 0 Å². The zero-order chi connectivity index (χ0) is 12.8. The van der Waals surface area contributed by atoms with Gasteiger partial charge in [-0.05, 0) is 44.1 Å². The highest BCUT2D eigenvalue weighted by Crippen LogP contribution is 2.40. The third kappa shape index (κ3) is 4.70. The summed E-state index contributed by atoms with van der Waals surface area (Å²) in [4.78, 5) is 11.2. The van der Waals surface area contributed by atoms with Crippen LogP contribution in [0.2, 0.25) is 6.04 Å². The van der Waals surface area contributed by atoms with E-state index in [1.165, 1.54) is 25.7 Å². The SMILES string of the molecule is O=C(COCCCC1CCC2OC2C1)OCC[SiH3]. The van der Waals surface area contributed by atoms with E-state index in [-0.39, 0.29) is 12.6 Å². The molecule has 0 aromatic heterocycles. The van der Waals surface area contributed by atoms with Gasteiger partial charge in [0.05, 0.1) is 18.8 Å². The van der Waals surface area contributed by atoms with Crippen LogP contribution in [0.1, 0.15) is 32.1 Å². The predicted molar refractivity (Wildman–Crippen MR) is 71.8 cm³/mol. The lowest BCUT2D eigenvalue weighted by molar-refractivity contribution is -0.148. The number of epoxide rings is 1. The summed E-state index contributed by atoms with van der Waals surface area (Å²) < 4.78 is 15.8. The van der Waals surface area contributed by atoms with Gasteiger partial charge in [0.2, 0.25) is 0 Å². The van der Waals surface area contributed by atoms with Gasteiger partial charge in [0, 0.05) is 16.8 Å². The largest absolute Gasteiger partial charge is 0.464 e. The molecule has 0 aromatic rings. The van der Waals surface area contributed by atoms with Crippen LogP contribution in [0.25, 0.3) is 0 Å². The van der Waals surface area contributed by atoms with E-state index in [0.717, 1.165) is 28.6 Å². The van der Waals surface area contributed by atoms with E-state index in [0.29, 0.717) is 25.4 Å². The molecule has 0 N–H and O–H groups in total. The lowest BCUT2D eigenvalue weighted by Gasteiger charge is -2.18. The molecule has 2 aliphatic rings. The van der Waals surface area contributed by atoms with Crippen LogP contribution >= 0.6 is 0 Å². The average Bonchev–Trinajstić information content (AvgIpc) is 3.14. The molecule has 104 valence electrons. The molecule has 1 saturated carbocycles. The highest BCUT2D eigenvalue weighted by molar-refractivity contribution is 6.08. The maximum atomic E-state index is 11.2. The van der Waals surface area contributed by atoms with E-state index in [2.05, 4.69) is 0 Å². The van der Waals surface area contributed by atoms with Gasteiger partial charge in [-0.1, -0.05) is 0 Å². The number of carbonyl (C=O) groups excluding carboxylic acids is 1. The zero-order valence-corrected chi connectivity index (χ0v) is 13.2. The average molecular weight is 272 g/mol. The second-order valence-electron chi connectivity index (χ2n) is 5.31. The first-order chi connectivity index (χ1) is 8.79. The van der Waals surface area contributed by atoms with Crippen LogP contribution in [0.3, 0.4) is 0 Å². The van der Waals surface area contributed by atoms with E-state index in [1.54, 1.807) is 0 Å². The number of hydrogen-bond acceptors (Lipinski definition) is 4. The minimum absolute atomic E-state index is 0.111. The fraction of sp³-hybridized carbons (Fsp3) is 0.923. The van der Waals surface area contributed by atoms with Crippen LogP contribution in [0.4, 0.5) is 0 Å². The van der Waals surface area contributed by atoms with Crippen molar-refractivity contribution in [2.45, 2.75) is 50.4 Å². The Hall–Kier alpha value is -0.393. The first kappa shape index (κ1) is 14.0. The van der Waals surface area contributed by atoms with Crippen molar-refractivity contribution in [3.8, 4) is 0 Å². The van der Waals surface area contributed by atoms with Gasteiger partial charge in [-0.2, -0.15) is 0 Å². The summed E-state index contributed by atoms with van der Waals surface area (Å²) in [7, 11) is 1.08. The van der Waals surface area contributed by atoms with Gasteiger partial charge in [0.1, 0.15) is 6.61 Å². The van der Waals surface area contributed by atoms with Crippen molar-refractivity contribution in [3.63, 3.8) is 0 Å². The van der Waals surface area contributed by atoms with E-state index in [9.17, 15) is 4.79 Å². The Morgan fingerprint density at radius 1 is 1.28 bits per heavy atom. The molecule has 1 heterocycles. The Morgan fingerprint density at radius 3 is 2.94 bits per heavy atom. The monoisotopic (exact) mass is 272 g/mol. The molecule has 2 rings (SSSR count). The maximum Gasteiger partial charge on any atom is 0.332 e. The normalized spacial score (nSPS) is 29.9. The van der Waals surface area contributed by atoms with Crippen molar-refractivity contribution in [2.24, 2.45) is 5.92 Å². The van der Waals surface area contributed by atoms with E-state index in [1.807, 2.05) is 0 Å². The first-order valence-electron chi connectivity index (χ1n) is 7.18. The standard InChI is InChI=1S/C13H24O4Si/c14-13(16-6-7-18)9-15-5-1-2-10-3-4-11-12(8-10)17-11/h10-12H,1-9H2,18H3. The smallest absolute Gasteiger partial charge is 0.332 e. The third-order valence-electron chi connectivity index (χ3n) is 3.70. The third-order valence-corrected chi connectivity index (χ3v) is 4.11. The molecule has 0 radical (unpaired) electrons. The minimum atomic E-state index is -0.224. The molecule has 3 atom stereocenters. The van der Waals surface area contributed by atoms with Gasteiger partial charge >= 0.3 is 5.97 Å². The molecule has 0 bridgehead atoms. The number of carbonyl (C=O) groups is 1. The molecule has 5 heteroatoms. The Kier molecular flexibility index (Phi) is 5.66. The van der Waals surface area contributed by atoms with Gasteiger partial charge < -0.3 is 14.2 Å².